The van der Waals surface area contributed by atoms with Crippen LogP contribution in [-0.4, -0.2) is 27.5 Å². The molecule has 5 heteroatoms. The van der Waals surface area contributed by atoms with Gasteiger partial charge in [-0.25, -0.2) is 4.98 Å². The summed E-state index contributed by atoms with van der Waals surface area (Å²) in [6, 6.07) is 17.9. The summed E-state index contributed by atoms with van der Waals surface area (Å²) in [6.07, 6.45) is 4.15. The summed E-state index contributed by atoms with van der Waals surface area (Å²) in [4.78, 5) is 19.4. The van der Waals surface area contributed by atoms with Crippen LogP contribution in [0.4, 0.5) is 0 Å². The standard InChI is InChI=1S/C21H21N3O2/c1-26-18-9-7-16(8-10-18)13-21(25)24-15-20-22-11-12-23(20)14-19(24)17-5-3-2-4-6-17/h2-12,19H,13-15H2,1H3/t19-/m1/s1. The summed E-state index contributed by atoms with van der Waals surface area (Å²) >= 11 is 0. The summed E-state index contributed by atoms with van der Waals surface area (Å²) < 4.78 is 7.32. The van der Waals surface area contributed by atoms with Crippen molar-refractivity contribution in [2.45, 2.75) is 25.6 Å². The van der Waals surface area contributed by atoms with Gasteiger partial charge in [0.2, 0.25) is 5.91 Å². The number of carbonyl (C=O) groups excluding carboxylic acids is 1. The van der Waals surface area contributed by atoms with Crippen molar-refractivity contribution in [3.05, 3.63) is 83.9 Å². The number of aromatic nitrogens is 2. The highest BCUT2D eigenvalue weighted by Gasteiger charge is 2.31. The number of amides is 1. The molecule has 0 fully saturated rings. The Morgan fingerprint density at radius 3 is 2.65 bits per heavy atom. The fraction of sp³-hybridized carbons (Fsp3) is 0.238. The molecule has 0 aliphatic carbocycles. The van der Waals surface area contributed by atoms with Crippen molar-refractivity contribution < 1.29 is 9.53 Å². The molecule has 0 N–H and O–H groups in total. The van der Waals surface area contributed by atoms with E-state index in [1.807, 2.05) is 53.6 Å². The Morgan fingerprint density at radius 1 is 1.15 bits per heavy atom. The highest BCUT2D eigenvalue weighted by atomic mass is 16.5. The Morgan fingerprint density at radius 2 is 1.92 bits per heavy atom. The van der Waals surface area contributed by atoms with Crippen LogP contribution in [0.25, 0.3) is 0 Å². The fourth-order valence-electron chi connectivity index (χ4n) is 3.45. The van der Waals surface area contributed by atoms with Crippen molar-refractivity contribution >= 4 is 5.91 Å². The minimum Gasteiger partial charge on any atom is -0.497 e. The van der Waals surface area contributed by atoms with E-state index in [9.17, 15) is 4.79 Å². The maximum atomic E-state index is 13.1. The lowest BCUT2D eigenvalue weighted by atomic mass is 10.0. The van der Waals surface area contributed by atoms with Crippen LogP contribution in [0.3, 0.4) is 0 Å². The predicted molar refractivity (Wildman–Crippen MR) is 98.7 cm³/mol. The van der Waals surface area contributed by atoms with Crippen molar-refractivity contribution in [3.63, 3.8) is 0 Å². The highest BCUT2D eigenvalue weighted by molar-refractivity contribution is 5.79. The highest BCUT2D eigenvalue weighted by Crippen LogP contribution is 2.29. The molecule has 0 bridgehead atoms. The molecule has 0 radical (unpaired) electrons. The molecule has 0 spiro atoms. The fourth-order valence-corrected chi connectivity index (χ4v) is 3.45. The van der Waals surface area contributed by atoms with Gasteiger partial charge in [0, 0.05) is 18.9 Å². The molecule has 132 valence electrons. The van der Waals surface area contributed by atoms with Crippen molar-refractivity contribution in [2.24, 2.45) is 0 Å². The van der Waals surface area contributed by atoms with Crippen molar-refractivity contribution in [2.75, 3.05) is 7.11 Å². The number of fused-ring (bicyclic) bond motifs is 1. The number of imidazole rings is 1. The first kappa shape index (κ1) is 16.4. The molecule has 1 aromatic heterocycles. The molecule has 1 aliphatic rings. The molecular weight excluding hydrogens is 326 g/mol. The second kappa shape index (κ2) is 7.04. The van der Waals surface area contributed by atoms with Gasteiger partial charge in [0.25, 0.3) is 0 Å². The second-order valence-electron chi connectivity index (χ2n) is 6.47. The van der Waals surface area contributed by atoms with Gasteiger partial charge >= 0.3 is 0 Å². The van der Waals surface area contributed by atoms with Crippen molar-refractivity contribution in [1.82, 2.24) is 14.5 Å². The van der Waals surface area contributed by atoms with Gasteiger partial charge in [-0.05, 0) is 23.3 Å². The average Bonchev–Trinajstić information content (AvgIpc) is 3.16. The molecule has 2 heterocycles. The van der Waals surface area contributed by atoms with Crippen LogP contribution in [0.15, 0.2) is 67.0 Å². The number of hydrogen-bond donors (Lipinski definition) is 0. The Hall–Kier alpha value is -3.08. The summed E-state index contributed by atoms with van der Waals surface area (Å²) in [5.74, 6) is 1.84. The summed E-state index contributed by atoms with van der Waals surface area (Å²) in [7, 11) is 1.64. The summed E-state index contributed by atoms with van der Waals surface area (Å²) in [5, 5.41) is 0. The van der Waals surface area contributed by atoms with E-state index in [1.54, 1.807) is 13.3 Å². The van der Waals surface area contributed by atoms with Crippen LogP contribution in [0.5, 0.6) is 5.75 Å². The number of methoxy groups -OCH3 is 1. The Kier molecular flexibility index (Phi) is 4.44. The molecular formula is C21H21N3O2. The molecule has 0 saturated carbocycles. The van der Waals surface area contributed by atoms with Gasteiger partial charge in [0.1, 0.15) is 11.6 Å². The molecule has 3 aromatic rings. The molecule has 1 amide bonds. The van der Waals surface area contributed by atoms with Crippen LogP contribution < -0.4 is 4.74 Å². The molecule has 0 unspecified atom stereocenters. The first-order chi connectivity index (χ1) is 12.7. The van der Waals surface area contributed by atoms with E-state index in [-0.39, 0.29) is 11.9 Å². The van der Waals surface area contributed by atoms with Gasteiger partial charge < -0.3 is 14.2 Å². The topological polar surface area (TPSA) is 47.4 Å². The van der Waals surface area contributed by atoms with Gasteiger partial charge in [-0.3, -0.25) is 4.79 Å². The van der Waals surface area contributed by atoms with Crippen molar-refractivity contribution in [3.8, 4) is 5.75 Å². The van der Waals surface area contributed by atoms with Crippen LogP contribution in [0.2, 0.25) is 0 Å². The van der Waals surface area contributed by atoms with Crippen molar-refractivity contribution in [1.29, 1.82) is 0 Å². The Labute approximate surface area is 152 Å². The normalized spacial score (nSPS) is 16.2. The second-order valence-corrected chi connectivity index (χ2v) is 6.47. The van der Waals surface area contributed by atoms with Gasteiger partial charge in [-0.15, -0.1) is 0 Å². The zero-order valence-electron chi connectivity index (χ0n) is 14.7. The SMILES string of the molecule is COc1ccc(CC(=O)N2Cc3nccn3C[C@@H]2c2ccccc2)cc1. The summed E-state index contributed by atoms with van der Waals surface area (Å²) in [5.41, 5.74) is 2.13. The van der Waals surface area contributed by atoms with Gasteiger partial charge in [0.05, 0.1) is 26.1 Å². The smallest absolute Gasteiger partial charge is 0.227 e. The number of nitrogens with zero attached hydrogens (tertiary/aromatic N) is 3. The maximum Gasteiger partial charge on any atom is 0.227 e. The lowest BCUT2D eigenvalue weighted by Crippen LogP contribution is -2.41. The Balaban J connectivity index is 1.59. The zero-order chi connectivity index (χ0) is 17.9. The third-order valence-electron chi connectivity index (χ3n) is 4.88. The number of hydrogen-bond acceptors (Lipinski definition) is 3. The molecule has 4 rings (SSSR count). The van der Waals surface area contributed by atoms with Gasteiger partial charge in [0.15, 0.2) is 0 Å². The van der Waals surface area contributed by atoms with E-state index in [2.05, 4.69) is 21.7 Å². The predicted octanol–water partition coefficient (Wildman–Crippen LogP) is 3.22. The number of benzene rings is 2. The van der Waals surface area contributed by atoms with E-state index >= 15 is 0 Å². The molecule has 1 atom stereocenters. The minimum atomic E-state index is 0.0173. The van der Waals surface area contributed by atoms with Gasteiger partial charge in [-0.2, -0.15) is 0 Å². The van der Waals surface area contributed by atoms with E-state index in [4.69, 9.17) is 4.74 Å². The number of ether oxygens (including phenoxy) is 1. The first-order valence-corrected chi connectivity index (χ1v) is 8.72. The third-order valence-corrected chi connectivity index (χ3v) is 4.88. The van der Waals surface area contributed by atoms with E-state index in [0.29, 0.717) is 13.0 Å². The van der Waals surface area contributed by atoms with E-state index in [1.165, 1.54) is 0 Å². The third kappa shape index (κ3) is 3.20. The van der Waals surface area contributed by atoms with E-state index < -0.39 is 0 Å². The summed E-state index contributed by atoms with van der Waals surface area (Å²) in [6.45, 7) is 1.26. The van der Waals surface area contributed by atoms with E-state index in [0.717, 1.165) is 29.2 Å². The molecule has 2 aromatic carbocycles. The lowest BCUT2D eigenvalue weighted by molar-refractivity contribution is -0.135. The molecule has 1 aliphatic heterocycles. The van der Waals surface area contributed by atoms with Gasteiger partial charge in [-0.1, -0.05) is 42.5 Å². The lowest BCUT2D eigenvalue weighted by Gasteiger charge is -2.36. The quantitative estimate of drug-likeness (QED) is 0.728. The monoisotopic (exact) mass is 347 g/mol. The molecule has 0 saturated heterocycles. The zero-order valence-corrected chi connectivity index (χ0v) is 14.7. The van der Waals surface area contributed by atoms with Crippen LogP contribution in [0.1, 0.15) is 23.0 Å². The number of carbonyl (C=O) groups is 1. The minimum absolute atomic E-state index is 0.0173. The van der Waals surface area contributed by atoms with Crippen LogP contribution >= 0.6 is 0 Å². The molecule has 26 heavy (non-hydrogen) atoms. The average molecular weight is 347 g/mol. The van der Waals surface area contributed by atoms with Crippen LogP contribution in [0, 0.1) is 0 Å². The maximum absolute atomic E-state index is 13.1. The first-order valence-electron chi connectivity index (χ1n) is 8.72. The largest absolute Gasteiger partial charge is 0.497 e. The number of rotatable bonds is 4. The Bertz CT molecular complexity index is 887. The molecule has 5 nitrogen and oxygen atoms in total. The van der Waals surface area contributed by atoms with Crippen LogP contribution in [-0.2, 0) is 24.3 Å².